The van der Waals surface area contributed by atoms with Crippen LogP contribution >= 0.6 is 15.9 Å². The van der Waals surface area contributed by atoms with Gasteiger partial charge in [-0.05, 0) is 40.2 Å². The van der Waals surface area contributed by atoms with Crippen molar-refractivity contribution in [1.82, 2.24) is 9.78 Å². The van der Waals surface area contributed by atoms with Gasteiger partial charge < -0.3 is 5.73 Å². The molecule has 1 aromatic heterocycles. The van der Waals surface area contributed by atoms with Gasteiger partial charge in [0.2, 0.25) is 0 Å². The van der Waals surface area contributed by atoms with E-state index in [2.05, 4.69) is 21.0 Å². The maximum Gasteiger partial charge on any atom is 0.434 e. The van der Waals surface area contributed by atoms with Crippen LogP contribution in [0.3, 0.4) is 0 Å². The number of alkyl halides is 3. The average Bonchev–Trinajstić information content (AvgIpc) is 2.61. The molecule has 90 valence electrons. The third-order valence-electron chi connectivity index (χ3n) is 2.13. The van der Waals surface area contributed by atoms with Crippen LogP contribution in [0.15, 0.2) is 34.9 Å². The van der Waals surface area contributed by atoms with Gasteiger partial charge in [-0.15, -0.1) is 0 Å². The van der Waals surface area contributed by atoms with Crippen LogP contribution < -0.4 is 5.73 Å². The number of rotatable bonds is 1. The predicted octanol–water partition coefficient (Wildman–Crippen LogP) is 3.24. The molecule has 2 aromatic rings. The van der Waals surface area contributed by atoms with Gasteiger partial charge in [0.15, 0.2) is 5.69 Å². The Kier molecular flexibility index (Phi) is 2.86. The Morgan fingerprint density at radius 2 is 1.76 bits per heavy atom. The second kappa shape index (κ2) is 4.06. The highest BCUT2D eigenvalue weighted by Gasteiger charge is 2.38. The first kappa shape index (κ1) is 12.0. The third kappa shape index (κ3) is 2.28. The summed E-state index contributed by atoms with van der Waals surface area (Å²) in [5, 5.41) is 3.69. The molecule has 0 saturated carbocycles. The molecule has 0 aliphatic rings. The molecular formula is C10H7BrF3N3. The van der Waals surface area contributed by atoms with Crippen molar-refractivity contribution in [3.8, 4) is 5.69 Å². The molecule has 0 atom stereocenters. The Balaban J connectivity index is 2.57. The number of aromatic nitrogens is 2. The summed E-state index contributed by atoms with van der Waals surface area (Å²) < 4.78 is 39.1. The Morgan fingerprint density at radius 1 is 1.18 bits per heavy atom. The maximum atomic E-state index is 12.8. The molecule has 0 fully saturated rings. The molecule has 0 saturated heterocycles. The first-order valence-corrected chi connectivity index (χ1v) is 5.35. The fraction of sp³-hybridized carbons (Fsp3) is 0.100. The molecular weight excluding hydrogens is 299 g/mol. The zero-order valence-corrected chi connectivity index (χ0v) is 9.96. The smallest absolute Gasteiger partial charge is 0.399 e. The fourth-order valence-electron chi connectivity index (χ4n) is 1.40. The number of benzene rings is 1. The fourth-order valence-corrected chi connectivity index (χ4v) is 1.88. The molecule has 0 bridgehead atoms. The standard InChI is InChI=1S/C10H7BrF3N3/c11-8-5-16-17(9(8)10(12,13)14)7-3-1-6(15)2-4-7/h1-5H,15H2. The zero-order valence-electron chi connectivity index (χ0n) is 8.37. The highest BCUT2D eigenvalue weighted by Crippen LogP contribution is 2.36. The lowest BCUT2D eigenvalue weighted by Gasteiger charge is -2.11. The molecule has 0 unspecified atom stereocenters. The van der Waals surface area contributed by atoms with E-state index >= 15 is 0 Å². The molecule has 1 aromatic carbocycles. The lowest BCUT2D eigenvalue weighted by Crippen LogP contribution is -2.13. The summed E-state index contributed by atoms with van der Waals surface area (Å²) in [4.78, 5) is 0. The molecule has 0 spiro atoms. The summed E-state index contributed by atoms with van der Waals surface area (Å²) in [6, 6.07) is 5.99. The zero-order chi connectivity index (χ0) is 12.6. The van der Waals surface area contributed by atoms with Gasteiger partial charge in [0, 0.05) is 5.69 Å². The van der Waals surface area contributed by atoms with Crippen LogP contribution in [0.4, 0.5) is 18.9 Å². The molecule has 0 radical (unpaired) electrons. The van der Waals surface area contributed by atoms with Gasteiger partial charge >= 0.3 is 6.18 Å². The second-order valence-electron chi connectivity index (χ2n) is 3.34. The number of hydrogen-bond acceptors (Lipinski definition) is 2. The van der Waals surface area contributed by atoms with Crippen molar-refractivity contribution in [3.63, 3.8) is 0 Å². The van der Waals surface area contributed by atoms with E-state index in [9.17, 15) is 13.2 Å². The van der Waals surface area contributed by atoms with Gasteiger partial charge in [-0.1, -0.05) is 0 Å². The van der Waals surface area contributed by atoms with Crippen molar-refractivity contribution < 1.29 is 13.2 Å². The van der Waals surface area contributed by atoms with Gasteiger partial charge in [0.05, 0.1) is 16.4 Å². The van der Waals surface area contributed by atoms with Crippen LogP contribution in [0, 0.1) is 0 Å². The molecule has 3 nitrogen and oxygen atoms in total. The van der Waals surface area contributed by atoms with Gasteiger partial charge in [0.1, 0.15) is 0 Å². The van der Waals surface area contributed by atoms with E-state index in [4.69, 9.17) is 5.73 Å². The minimum absolute atomic E-state index is 0.0955. The van der Waals surface area contributed by atoms with E-state index in [1.54, 1.807) is 0 Å². The summed E-state index contributed by atoms with van der Waals surface area (Å²) in [5.41, 5.74) is 5.41. The number of anilines is 1. The first-order valence-electron chi connectivity index (χ1n) is 4.56. The molecule has 1 heterocycles. The molecule has 0 aliphatic heterocycles. The summed E-state index contributed by atoms with van der Waals surface area (Å²) in [6.45, 7) is 0. The molecule has 0 amide bonds. The van der Waals surface area contributed by atoms with Crippen LogP contribution in [-0.4, -0.2) is 9.78 Å². The van der Waals surface area contributed by atoms with E-state index in [0.29, 0.717) is 11.4 Å². The maximum absolute atomic E-state index is 12.8. The summed E-state index contributed by atoms with van der Waals surface area (Å²) in [6.07, 6.45) is -3.37. The van der Waals surface area contributed by atoms with Crippen molar-refractivity contribution >= 4 is 21.6 Å². The average molecular weight is 306 g/mol. The normalized spacial score (nSPS) is 11.8. The van der Waals surface area contributed by atoms with E-state index in [1.807, 2.05) is 0 Å². The SMILES string of the molecule is Nc1ccc(-n2ncc(Br)c2C(F)(F)F)cc1. The van der Waals surface area contributed by atoms with Gasteiger partial charge in [-0.2, -0.15) is 18.3 Å². The first-order chi connectivity index (χ1) is 7.89. The van der Waals surface area contributed by atoms with Crippen LogP contribution in [0.2, 0.25) is 0 Å². The third-order valence-corrected chi connectivity index (χ3v) is 2.71. The monoisotopic (exact) mass is 305 g/mol. The van der Waals surface area contributed by atoms with Crippen molar-refractivity contribution in [2.75, 3.05) is 5.73 Å². The molecule has 17 heavy (non-hydrogen) atoms. The predicted molar refractivity (Wildman–Crippen MR) is 60.7 cm³/mol. The Labute approximate surface area is 103 Å². The lowest BCUT2D eigenvalue weighted by atomic mass is 10.3. The number of hydrogen-bond donors (Lipinski definition) is 1. The molecule has 2 N–H and O–H groups in total. The Bertz CT molecular complexity index is 531. The van der Waals surface area contributed by atoms with Crippen LogP contribution in [0.5, 0.6) is 0 Å². The summed E-state index contributed by atoms with van der Waals surface area (Å²) in [7, 11) is 0. The highest BCUT2D eigenvalue weighted by molar-refractivity contribution is 9.10. The van der Waals surface area contributed by atoms with E-state index in [1.165, 1.54) is 24.3 Å². The van der Waals surface area contributed by atoms with E-state index in [0.717, 1.165) is 10.9 Å². The molecule has 0 aliphatic carbocycles. The number of nitrogens with zero attached hydrogens (tertiary/aromatic N) is 2. The van der Waals surface area contributed by atoms with Gasteiger partial charge in [-0.3, -0.25) is 0 Å². The van der Waals surface area contributed by atoms with Crippen LogP contribution in [0.25, 0.3) is 5.69 Å². The molecule has 7 heteroatoms. The number of nitrogen functional groups attached to an aromatic ring is 1. The van der Waals surface area contributed by atoms with Crippen molar-refractivity contribution in [2.24, 2.45) is 0 Å². The summed E-state index contributed by atoms with van der Waals surface area (Å²) in [5.74, 6) is 0. The van der Waals surface area contributed by atoms with Crippen LogP contribution in [0.1, 0.15) is 5.69 Å². The largest absolute Gasteiger partial charge is 0.434 e. The lowest BCUT2D eigenvalue weighted by molar-refractivity contribution is -0.143. The topological polar surface area (TPSA) is 43.8 Å². The Morgan fingerprint density at radius 3 is 2.29 bits per heavy atom. The van der Waals surface area contributed by atoms with E-state index in [-0.39, 0.29) is 4.47 Å². The van der Waals surface area contributed by atoms with Crippen molar-refractivity contribution in [2.45, 2.75) is 6.18 Å². The van der Waals surface area contributed by atoms with Crippen LogP contribution in [-0.2, 0) is 6.18 Å². The van der Waals surface area contributed by atoms with Gasteiger partial charge in [-0.25, -0.2) is 4.68 Å². The molecule has 2 rings (SSSR count). The number of halogens is 4. The number of nitrogens with two attached hydrogens (primary N) is 1. The minimum Gasteiger partial charge on any atom is -0.399 e. The highest BCUT2D eigenvalue weighted by atomic mass is 79.9. The van der Waals surface area contributed by atoms with Crippen molar-refractivity contribution in [3.05, 3.63) is 40.6 Å². The summed E-state index contributed by atoms with van der Waals surface area (Å²) >= 11 is 2.84. The Hall–Kier alpha value is -1.50. The quantitative estimate of drug-likeness (QED) is 0.822. The van der Waals surface area contributed by atoms with Gasteiger partial charge in [0.25, 0.3) is 0 Å². The second-order valence-corrected chi connectivity index (χ2v) is 4.20. The minimum atomic E-state index is -4.48. The van der Waals surface area contributed by atoms with Crippen molar-refractivity contribution in [1.29, 1.82) is 0 Å². The van der Waals surface area contributed by atoms with E-state index < -0.39 is 11.9 Å².